The first-order valence-electron chi connectivity index (χ1n) is 5.77. The Kier molecular flexibility index (Phi) is 4.93. The molecule has 0 aliphatic rings. The molecule has 0 aliphatic carbocycles. The van der Waals surface area contributed by atoms with Gasteiger partial charge in [-0.1, -0.05) is 19.6 Å². The van der Waals surface area contributed by atoms with Gasteiger partial charge >= 0.3 is 7.12 Å². The van der Waals surface area contributed by atoms with Gasteiger partial charge in [0, 0.05) is 14.7 Å². The van der Waals surface area contributed by atoms with Crippen molar-refractivity contribution in [2.45, 2.75) is 39.3 Å². The number of ether oxygens (including phenoxy) is 1. The Bertz CT molecular complexity index is 363. The minimum atomic E-state index is -1.50. The lowest BCUT2D eigenvalue weighted by atomic mass is 9.83. The van der Waals surface area contributed by atoms with Gasteiger partial charge in [0.25, 0.3) is 0 Å². The maximum atomic E-state index is 9.21. The van der Waals surface area contributed by atoms with Crippen molar-refractivity contribution in [3.8, 4) is 0 Å². The highest BCUT2D eigenvalue weighted by molar-refractivity contribution is 6.76. The van der Waals surface area contributed by atoms with Crippen molar-refractivity contribution < 1.29 is 14.8 Å². The fraction of sp³-hybridized carbons (Fsp3) is 0.700. The van der Waals surface area contributed by atoms with Crippen LogP contribution in [0.5, 0.6) is 0 Å². The van der Waals surface area contributed by atoms with E-state index in [0.717, 1.165) is 11.6 Å². The average Bonchev–Trinajstić information content (AvgIpc) is 2.53. The minimum Gasteiger partial charge on any atom is -0.422 e. The second kappa shape index (κ2) is 5.81. The lowest BCUT2D eigenvalue weighted by Gasteiger charge is -2.15. The van der Waals surface area contributed by atoms with Crippen LogP contribution in [0.15, 0.2) is 6.20 Å². The molecule has 1 rings (SSSR count). The van der Waals surface area contributed by atoms with E-state index in [2.05, 4.69) is 24.7 Å². The molecule has 0 unspecified atom stereocenters. The first-order valence-corrected chi connectivity index (χ1v) is 9.48. The summed E-state index contributed by atoms with van der Waals surface area (Å²) in [4.78, 5) is 0. The van der Waals surface area contributed by atoms with Gasteiger partial charge in [0.05, 0.1) is 11.8 Å². The molecule has 1 heterocycles. The van der Waals surface area contributed by atoms with Gasteiger partial charge in [-0.25, -0.2) is 4.68 Å². The summed E-state index contributed by atoms with van der Waals surface area (Å²) < 4.78 is 7.00. The molecular weight excluding hydrogens is 235 g/mol. The highest BCUT2D eigenvalue weighted by Crippen LogP contribution is 2.07. The standard InChI is InChI=1S/C10H21BN2O3Si/c1-9-7-12-13(10(9)11(14)15)8-16-5-6-17(2,3)4/h7,14-15H,5-6,8H2,1-4H3. The van der Waals surface area contributed by atoms with Gasteiger partial charge < -0.3 is 14.8 Å². The Morgan fingerprint density at radius 2 is 2.06 bits per heavy atom. The quantitative estimate of drug-likeness (QED) is 0.563. The van der Waals surface area contributed by atoms with Gasteiger partial charge in [-0.05, 0) is 18.5 Å². The van der Waals surface area contributed by atoms with Crippen LogP contribution in [0.25, 0.3) is 0 Å². The van der Waals surface area contributed by atoms with E-state index in [1.165, 1.54) is 4.68 Å². The predicted molar refractivity (Wildman–Crippen MR) is 70.9 cm³/mol. The molecule has 5 nitrogen and oxygen atoms in total. The van der Waals surface area contributed by atoms with Crippen molar-refractivity contribution in [1.82, 2.24) is 9.78 Å². The summed E-state index contributed by atoms with van der Waals surface area (Å²) in [5.74, 6) is 0. The fourth-order valence-electron chi connectivity index (χ4n) is 1.46. The SMILES string of the molecule is Cc1cnn(COCC[Si](C)(C)C)c1B(O)O. The second-order valence-electron chi connectivity index (χ2n) is 5.43. The largest absolute Gasteiger partial charge is 0.508 e. The Hall–Kier alpha value is -0.628. The molecular formula is C10H21BN2O3Si. The number of aryl methyl sites for hydroxylation is 1. The zero-order valence-electron chi connectivity index (χ0n) is 11.0. The van der Waals surface area contributed by atoms with E-state index in [1.807, 2.05) is 0 Å². The van der Waals surface area contributed by atoms with Gasteiger partial charge in [-0.15, -0.1) is 0 Å². The number of hydrogen-bond donors (Lipinski definition) is 2. The summed E-state index contributed by atoms with van der Waals surface area (Å²) >= 11 is 0. The summed E-state index contributed by atoms with van der Waals surface area (Å²) in [7, 11) is -2.58. The maximum absolute atomic E-state index is 9.21. The first-order chi connectivity index (χ1) is 7.81. The summed E-state index contributed by atoms with van der Waals surface area (Å²) in [6.45, 7) is 9.62. The highest BCUT2D eigenvalue weighted by Gasteiger charge is 2.20. The molecule has 1 aromatic heterocycles. The topological polar surface area (TPSA) is 67.5 Å². The van der Waals surface area contributed by atoms with E-state index < -0.39 is 15.2 Å². The molecule has 7 heteroatoms. The zero-order chi connectivity index (χ0) is 13.1. The lowest BCUT2D eigenvalue weighted by molar-refractivity contribution is 0.0801. The number of hydrogen-bond acceptors (Lipinski definition) is 4. The monoisotopic (exact) mass is 256 g/mol. The maximum Gasteiger partial charge on any atom is 0.508 e. The van der Waals surface area contributed by atoms with Crippen molar-refractivity contribution >= 4 is 20.8 Å². The third-order valence-corrected chi connectivity index (χ3v) is 4.23. The summed E-state index contributed by atoms with van der Waals surface area (Å²) in [6, 6.07) is 1.09. The van der Waals surface area contributed by atoms with Crippen LogP contribution < -0.4 is 5.59 Å². The molecule has 96 valence electrons. The highest BCUT2D eigenvalue weighted by atomic mass is 28.3. The van der Waals surface area contributed by atoms with Gasteiger partial charge in [-0.3, -0.25) is 0 Å². The summed E-state index contributed by atoms with van der Waals surface area (Å²) in [6.07, 6.45) is 1.61. The van der Waals surface area contributed by atoms with E-state index in [9.17, 15) is 10.0 Å². The molecule has 2 N–H and O–H groups in total. The molecule has 0 fully saturated rings. The van der Waals surface area contributed by atoms with Gasteiger partial charge in [-0.2, -0.15) is 5.10 Å². The Labute approximate surface area is 104 Å². The Morgan fingerprint density at radius 1 is 1.41 bits per heavy atom. The van der Waals surface area contributed by atoms with E-state index >= 15 is 0 Å². The van der Waals surface area contributed by atoms with E-state index in [1.54, 1.807) is 13.1 Å². The molecule has 0 saturated heterocycles. The number of rotatable bonds is 6. The normalized spacial score (nSPS) is 11.9. The van der Waals surface area contributed by atoms with Crippen LogP contribution >= 0.6 is 0 Å². The second-order valence-corrected chi connectivity index (χ2v) is 11.1. The lowest BCUT2D eigenvalue weighted by Crippen LogP contribution is -2.39. The van der Waals surface area contributed by atoms with E-state index in [-0.39, 0.29) is 6.73 Å². The van der Waals surface area contributed by atoms with Crippen molar-refractivity contribution in [3.63, 3.8) is 0 Å². The van der Waals surface area contributed by atoms with Gasteiger partial charge in [0.15, 0.2) is 0 Å². The zero-order valence-corrected chi connectivity index (χ0v) is 12.0. The Morgan fingerprint density at radius 3 is 2.59 bits per heavy atom. The third-order valence-electron chi connectivity index (χ3n) is 2.53. The molecule has 1 aromatic rings. The van der Waals surface area contributed by atoms with Crippen LogP contribution in [0, 0.1) is 6.92 Å². The average molecular weight is 256 g/mol. The Balaban J connectivity index is 2.47. The van der Waals surface area contributed by atoms with Crippen molar-refractivity contribution in [3.05, 3.63) is 11.8 Å². The summed E-state index contributed by atoms with van der Waals surface area (Å²) in [5, 5.41) is 22.5. The molecule has 0 saturated carbocycles. The molecule has 0 aromatic carbocycles. The van der Waals surface area contributed by atoms with Crippen LogP contribution in [-0.2, 0) is 11.5 Å². The summed E-state index contributed by atoms with van der Waals surface area (Å²) in [5.41, 5.74) is 1.16. The first kappa shape index (κ1) is 14.4. The van der Waals surface area contributed by atoms with E-state index in [0.29, 0.717) is 12.2 Å². The third kappa shape index (κ3) is 4.63. The van der Waals surface area contributed by atoms with Crippen LogP contribution in [0.1, 0.15) is 5.56 Å². The van der Waals surface area contributed by atoms with Crippen molar-refractivity contribution in [2.75, 3.05) is 6.61 Å². The molecule has 0 atom stereocenters. The molecule has 0 bridgehead atoms. The number of aromatic nitrogens is 2. The van der Waals surface area contributed by atoms with Crippen LogP contribution in [0.2, 0.25) is 25.7 Å². The van der Waals surface area contributed by atoms with Crippen molar-refractivity contribution in [1.29, 1.82) is 0 Å². The van der Waals surface area contributed by atoms with Gasteiger partial charge in [0.1, 0.15) is 6.73 Å². The van der Waals surface area contributed by atoms with Gasteiger partial charge in [0.2, 0.25) is 0 Å². The molecule has 0 aliphatic heterocycles. The molecule has 0 radical (unpaired) electrons. The minimum absolute atomic E-state index is 0.269. The fourth-order valence-corrected chi connectivity index (χ4v) is 2.21. The van der Waals surface area contributed by atoms with Crippen LogP contribution in [-0.4, -0.2) is 41.6 Å². The molecule has 0 amide bonds. The van der Waals surface area contributed by atoms with Crippen LogP contribution in [0.3, 0.4) is 0 Å². The molecule has 0 spiro atoms. The smallest absolute Gasteiger partial charge is 0.422 e. The van der Waals surface area contributed by atoms with Crippen LogP contribution in [0.4, 0.5) is 0 Å². The van der Waals surface area contributed by atoms with Crippen molar-refractivity contribution in [2.24, 2.45) is 0 Å². The molecule has 17 heavy (non-hydrogen) atoms. The number of nitrogens with zero attached hydrogens (tertiary/aromatic N) is 2. The van der Waals surface area contributed by atoms with E-state index in [4.69, 9.17) is 4.74 Å². The predicted octanol–water partition coefficient (Wildman–Crippen LogP) is 0.184.